The molecule has 1 saturated carbocycles. The first-order chi connectivity index (χ1) is 15.0. The fourth-order valence-corrected chi connectivity index (χ4v) is 4.33. The number of aromatic nitrogens is 2. The molecule has 2 N–H and O–H groups in total. The van der Waals surface area contributed by atoms with Gasteiger partial charge in [0.15, 0.2) is 5.15 Å². The minimum absolute atomic E-state index is 0.0204. The van der Waals surface area contributed by atoms with E-state index in [0.717, 1.165) is 31.2 Å². The molecular formula is C22H21ClN6O2. The van der Waals surface area contributed by atoms with Crippen molar-refractivity contribution in [3.8, 4) is 6.07 Å². The Morgan fingerprint density at radius 2 is 2.23 bits per heavy atom. The Balaban J connectivity index is 1.44. The second-order valence-electron chi connectivity index (χ2n) is 7.67. The highest BCUT2D eigenvalue weighted by molar-refractivity contribution is 6.30. The monoisotopic (exact) mass is 436 g/mol. The van der Waals surface area contributed by atoms with Crippen LogP contribution in [0.3, 0.4) is 0 Å². The molecule has 1 aliphatic carbocycles. The molecule has 4 rings (SSSR count). The first kappa shape index (κ1) is 20.8. The Labute approximate surface area is 184 Å². The van der Waals surface area contributed by atoms with Gasteiger partial charge in [-0.05, 0) is 49.5 Å². The first-order valence-corrected chi connectivity index (χ1v) is 10.4. The highest BCUT2D eigenvalue weighted by atomic mass is 35.5. The molecule has 0 unspecified atom stereocenters. The Kier molecular flexibility index (Phi) is 5.87. The number of anilines is 2. The molecule has 2 aliphatic rings. The van der Waals surface area contributed by atoms with E-state index in [1.807, 2.05) is 17.0 Å². The third-order valence-corrected chi connectivity index (χ3v) is 5.97. The van der Waals surface area contributed by atoms with Crippen molar-refractivity contribution in [2.45, 2.75) is 44.3 Å². The molecule has 9 heteroatoms. The lowest BCUT2D eigenvalue weighted by atomic mass is 9.90. The molecule has 1 aliphatic heterocycles. The van der Waals surface area contributed by atoms with Crippen LogP contribution in [-0.2, 0) is 11.3 Å². The van der Waals surface area contributed by atoms with E-state index in [-0.39, 0.29) is 34.6 Å². The summed E-state index contributed by atoms with van der Waals surface area (Å²) in [6.45, 7) is 4.00. The largest absolute Gasteiger partial charge is 0.351 e. The molecule has 158 valence electrons. The maximum Gasteiger partial charge on any atom is 0.254 e. The van der Waals surface area contributed by atoms with E-state index in [0.29, 0.717) is 23.7 Å². The highest BCUT2D eigenvalue weighted by Gasteiger charge is 2.35. The molecule has 2 atom stereocenters. The van der Waals surface area contributed by atoms with E-state index in [4.69, 9.17) is 16.9 Å². The molecular weight excluding hydrogens is 416 g/mol. The van der Waals surface area contributed by atoms with Crippen molar-refractivity contribution in [3.63, 3.8) is 0 Å². The zero-order valence-electron chi connectivity index (χ0n) is 16.8. The lowest BCUT2D eigenvalue weighted by Crippen LogP contribution is -2.42. The summed E-state index contributed by atoms with van der Waals surface area (Å²) in [4.78, 5) is 34.9. The molecule has 1 fully saturated rings. The number of nitrogens with zero attached hydrogens (tertiary/aromatic N) is 4. The summed E-state index contributed by atoms with van der Waals surface area (Å²) in [5.41, 5.74) is 2.40. The summed E-state index contributed by atoms with van der Waals surface area (Å²) in [5, 5.41) is 15.1. The third kappa shape index (κ3) is 4.37. The summed E-state index contributed by atoms with van der Waals surface area (Å²) in [5.74, 6) is 0.0508. The zero-order valence-corrected chi connectivity index (χ0v) is 17.5. The number of hydrogen-bond acceptors (Lipinski definition) is 6. The number of benzene rings is 1. The van der Waals surface area contributed by atoms with Crippen molar-refractivity contribution in [1.82, 2.24) is 14.9 Å². The van der Waals surface area contributed by atoms with Gasteiger partial charge in [-0.1, -0.05) is 24.2 Å². The van der Waals surface area contributed by atoms with Gasteiger partial charge in [0, 0.05) is 29.9 Å². The van der Waals surface area contributed by atoms with Crippen molar-refractivity contribution >= 4 is 35.1 Å². The third-order valence-electron chi connectivity index (χ3n) is 5.68. The van der Waals surface area contributed by atoms with Gasteiger partial charge in [-0.2, -0.15) is 10.2 Å². The lowest BCUT2D eigenvalue weighted by molar-refractivity contribution is -0.111. The number of rotatable bonds is 5. The van der Waals surface area contributed by atoms with Gasteiger partial charge in [-0.25, -0.2) is 4.98 Å². The fraction of sp³-hybridized carbons (Fsp3) is 0.318. The Morgan fingerprint density at radius 1 is 1.39 bits per heavy atom. The standard InChI is InChI=1S/C22H21ClN6O2/c1-2-19(30)26-16-7-6-13-12-29(21(31)18(13)9-16)17-5-3-4-15(8-17)27-22-25-11-14(10-24)20(23)28-22/h2,6-7,9,11,15,17H,1,3-5,8,12H2,(H,26,30)(H,25,27,28)/t15-,17+/m1/s1. The van der Waals surface area contributed by atoms with E-state index < -0.39 is 0 Å². The smallest absolute Gasteiger partial charge is 0.254 e. The predicted molar refractivity (Wildman–Crippen MR) is 117 cm³/mol. The van der Waals surface area contributed by atoms with Gasteiger partial charge in [-0.15, -0.1) is 0 Å². The van der Waals surface area contributed by atoms with E-state index in [1.165, 1.54) is 12.3 Å². The first-order valence-electron chi connectivity index (χ1n) is 10.0. The molecule has 2 aromatic rings. The van der Waals surface area contributed by atoms with Gasteiger partial charge >= 0.3 is 0 Å². The molecule has 0 spiro atoms. The van der Waals surface area contributed by atoms with E-state index in [9.17, 15) is 9.59 Å². The van der Waals surface area contributed by atoms with Crippen molar-refractivity contribution in [2.75, 3.05) is 10.6 Å². The van der Waals surface area contributed by atoms with Crippen LogP contribution in [0.1, 0.15) is 47.2 Å². The number of halogens is 1. The Hall–Kier alpha value is -3.44. The molecule has 0 radical (unpaired) electrons. The van der Waals surface area contributed by atoms with Gasteiger partial charge in [0.25, 0.3) is 5.91 Å². The number of carbonyl (C=O) groups excluding carboxylic acids is 2. The van der Waals surface area contributed by atoms with Crippen molar-refractivity contribution in [2.24, 2.45) is 0 Å². The predicted octanol–water partition coefficient (Wildman–Crippen LogP) is 3.51. The normalized spacial score (nSPS) is 20.0. The molecule has 2 amide bonds. The minimum Gasteiger partial charge on any atom is -0.351 e. The van der Waals surface area contributed by atoms with Gasteiger partial charge in [0.2, 0.25) is 11.9 Å². The zero-order chi connectivity index (χ0) is 22.0. The Morgan fingerprint density at radius 3 is 2.97 bits per heavy atom. The topological polar surface area (TPSA) is 111 Å². The van der Waals surface area contributed by atoms with Crippen LogP contribution in [-0.4, -0.2) is 38.8 Å². The van der Waals surface area contributed by atoms with Crippen molar-refractivity contribution in [3.05, 3.63) is 58.9 Å². The number of amides is 2. The second-order valence-corrected chi connectivity index (χ2v) is 8.03. The summed E-state index contributed by atoms with van der Waals surface area (Å²) in [6, 6.07) is 7.54. The Bertz CT molecular complexity index is 1100. The summed E-state index contributed by atoms with van der Waals surface area (Å²) in [7, 11) is 0. The fourth-order valence-electron chi connectivity index (χ4n) is 4.16. The number of hydrogen-bond donors (Lipinski definition) is 2. The van der Waals surface area contributed by atoms with Crippen LogP contribution in [0.15, 0.2) is 37.1 Å². The van der Waals surface area contributed by atoms with Crippen LogP contribution in [0.25, 0.3) is 0 Å². The number of fused-ring (bicyclic) bond motifs is 1. The maximum absolute atomic E-state index is 13.1. The minimum atomic E-state index is -0.312. The second kappa shape index (κ2) is 8.74. The molecule has 31 heavy (non-hydrogen) atoms. The lowest BCUT2D eigenvalue weighted by Gasteiger charge is -2.35. The van der Waals surface area contributed by atoms with Crippen molar-refractivity contribution < 1.29 is 9.59 Å². The summed E-state index contributed by atoms with van der Waals surface area (Å²) >= 11 is 6.01. The molecule has 0 bridgehead atoms. The van der Waals surface area contributed by atoms with E-state index in [2.05, 4.69) is 27.2 Å². The van der Waals surface area contributed by atoms with E-state index >= 15 is 0 Å². The summed E-state index contributed by atoms with van der Waals surface area (Å²) in [6.07, 6.45) is 6.19. The average molecular weight is 437 g/mol. The van der Waals surface area contributed by atoms with Crippen molar-refractivity contribution in [1.29, 1.82) is 5.26 Å². The van der Waals surface area contributed by atoms with Crippen LogP contribution in [0.4, 0.5) is 11.6 Å². The molecule has 1 aromatic carbocycles. The van der Waals surface area contributed by atoms with Crippen LogP contribution >= 0.6 is 11.6 Å². The molecule has 0 saturated heterocycles. The van der Waals surface area contributed by atoms with Crippen LogP contribution in [0.2, 0.25) is 5.15 Å². The molecule has 2 heterocycles. The van der Waals surface area contributed by atoms with Crippen LogP contribution < -0.4 is 10.6 Å². The van der Waals surface area contributed by atoms with Crippen LogP contribution in [0.5, 0.6) is 0 Å². The number of nitrogens with one attached hydrogen (secondary N) is 2. The van der Waals surface area contributed by atoms with Gasteiger partial charge in [0.05, 0.1) is 6.20 Å². The number of carbonyl (C=O) groups is 2. The number of nitriles is 1. The van der Waals surface area contributed by atoms with E-state index in [1.54, 1.807) is 12.1 Å². The average Bonchev–Trinajstić information content (AvgIpc) is 3.10. The van der Waals surface area contributed by atoms with Gasteiger partial charge in [0.1, 0.15) is 11.6 Å². The SMILES string of the molecule is C=CC(=O)Nc1ccc2c(c1)C(=O)N([C@H]1CCC[C@@H](Nc3ncc(C#N)c(Cl)n3)C1)C2. The van der Waals surface area contributed by atoms with Gasteiger partial charge < -0.3 is 15.5 Å². The van der Waals surface area contributed by atoms with Gasteiger partial charge in [-0.3, -0.25) is 9.59 Å². The molecule has 1 aromatic heterocycles. The highest BCUT2D eigenvalue weighted by Crippen LogP contribution is 2.33. The molecule has 8 nitrogen and oxygen atoms in total. The maximum atomic E-state index is 13.1. The van der Waals surface area contributed by atoms with Crippen LogP contribution in [0, 0.1) is 11.3 Å². The quantitative estimate of drug-likeness (QED) is 0.548. The summed E-state index contributed by atoms with van der Waals surface area (Å²) < 4.78 is 0.